The number of rotatable bonds is 6. The van der Waals surface area contributed by atoms with Crippen molar-refractivity contribution >= 4 is 46.3 Å². The maximum atomic E-state index is 12.8. The third-order valence-corrected chi connectivity index (χ3v) is 6.23. The first kappa shape index (κ1) is 23.0. The highest BCUT2D eigenvalue weighted by atomic mass is 32.2. The van der Waals surface area contributed by atoms with Gasteiger partial charge in [0.2, 0.25) is 5.91 Å². The summed E-state index contributed by atoms with van der Waals surface area (Å²) >= 11 is 0.694. The number of carbonyl (C=O) groups is 3. The van der Waals surface area contributed by atoms with Gasteiger partial charge in [-0.05, 0) is 61.0 Å². The molecule has 2 heterocycles. The van der Waals surface area contributed by atoms with E-state index in [1.54, 1.807) is 36.4 Å². The lowest BCUT2D eigenvalue weighted by Gasteiger charge is -2.14. The number of para-hydroxylation sites is 1. The molecular weight excluding hydrogens is 458 g/mol. The molecule has 1 aliphatic rings. The molecule has 0 aliphatic carbocycles. The summed E-state index contributed by atoms with van der Waals surface area (Å²) in [5.74, 6) is -0.604. The fourth-order valence-corrected chi connectivity index (χ4v) is 4.22. The van der Waals surface area contributed by atoms with E-state index in [2.05, 4.69) is 5.32 Å². The van der Waals surface area contributed by atoms with E-state index in [1.807, 2.05) is 26.0 Å². The number of benzene rings is 2. The van der Waals surface area contributed by atoms with E-state index >= 15 is 0 Å². The van der Waals surface area contributed by atoms with E-state index in [1.165, 1.54) is 12.1 Å². The Morgan fingerprint density at radius 1 is 1.12 bits per heavy atom. The molecule has 0 saturated carbocycles. The van der Waals surface area contributed by atoms with E-state index in [0.717, 1.165) is 16.0 Å². The molecule has 0 unspecified atom stereocenters. The zero-order valence-electron chi connectivity index (χ0n) is 18.2. The summed E-state index contributed by atoms with van der Waals surface area (Å²) in [7, 11) is 0. The topological polar surface area (TPSA) is 123 Å². The minimum atomic E-state index is -0.616. The van der Waals surface area contributed by atoms with Gasteiger partial charge in [0.05, 0.1) is 15.4 Å². The number of carbonyl (C=O) groups excluding carboxylic acids is 3. The number of nitro benzene ring substituents is 1. The van der Waals surface area contributed by atoms with Gasteiger partial charge in [-0.3, -0.25) is 29.4 Å². The Morgan fingerprint density at radius 3 is 2.65 bits per heavy atom. The zero-order chi connectivity index (χ0) is 24.4. The maximum absolute atomic E-state index is 12.8. The average molecular weight is 477 g/mol. The smallest absolute Gasteiger partial charge is 0.294 e. The van der Waals surface area contributed by atoms with Crippen molar-refractivity contribution in [3.05, 3.63) is 86.5 Å². The Bertz CT molecular complexity index is 1360. The number of nitrogens with zero attached hydrogens (tertiary/aromatic N) is 2. The van der Waals surface area contributed by atoms with Crippen molar-refractivity contribution in [2.75, 3.05) is 11.9 Å². The van der Waals surface area contributed by atoms with Crippen molar-refractivity contribution in [1.82, 2.24) is 4.90 Å². The number of aryl methyl sites for hydroxylation is 1. The van der Waals surface area contributed by atoms with Crippen LogP contribution in [0.1, 0.15) is 16.9 Å². The van der Waals surface area contributed by atoms with Crippen LogP contribution in [-0.2, 0) is 9.59 Å². The molecule has 0 bridgehead atoms. The first-order valence-corrected chi connectivity index (χ1v) is 11.0. The van der Waals surface area contributed by atoms with Gasteiger partial charge in [0.15, 0.2) is 0 Å². The normalized spacial score (nSPS) is 14.6. The molecule has 34 heavy (non-hydrogen) atoms. The monoisotopic (exact) mass is 477 g/mol. The van der Waals surface area contributed by atoms with Crippen molar-refractivity contribution < 1.29 is 23.7 Å². The lowest BCUT2D eigenvalue weighted by Crippen LogP contribution is -2.36. The molecule has 2 aromatic carbocycles. The summed E-state index contributed by atoms with van der Waals surface area (Å²) in [5.41, 5.74) is 2.70. The molecule has 172 valence electrons. The quantitative estimate of drug-likeness (QED) is 0.296. The Balaban J connectivity index is 1.49. The summed E-state index contributed by atoms with van der Waals surface area (Å²) < 4.78 is 5.67. The lowest BCUT2D eigenvalue weighted by atomic mass is 10.1. The number of thioether (sulfide) groups is 1. The van der Waals surface area contributed by atoms with E-state index in [4.69, 9.17) is 4.42 Å². The van der Waals surface area contributed by atoms with E-state index in [-0.39, 0.29) is 22.1 Å². The minimum absolute atomic E-state index is 0.0907. The zero-order valence-corrected chi connectivity index (χ0v) is 19.0. The summed E-state index contributed by atoms with van der Waals surface area (Å²) in [6, 6.07) is 14.7. The molecule has 4 rings (SSSR count). The number of nitrogens with one attached hydrogen (secondary N) is 1. The largest absolute Gasteiger partial charge is 0.456 e. The molecule has 3 aromatic rings. The fourth-order valence-electron chi connectivity index (χ4n) is 3.40. The molecular formula is C24H19N3O6S. The van der Waals surface area contributed by atoms with Crippen LogP contribution in [0.2, 0.25) is 0 Å². The third kappa shape index (κ3) is 4.62. The first-order chi connectivity index (χ1) is 16.2. The summed E-state index contributed by atoms with van der Waals surface area (Å²) in [4.78, 5) is 49.3. The second-order valence-corrected chi connectivity index (χ2v) is 8.53. The van der Waals surface area contributed by atoms with Crippen LogP contribution in [0.3, 0.4) is 0 Å². The third-order valence-electron chi connectivity index (χ3n) is 5.32. The first-order valence-electron chi connectivity index (χ1n) is 10.2. The van der Waals surface area contributed by atoms with Gasteiger partial charge in [0.1, 0.15) is 18.1 Å². The number of amides is 3. The molecule has 3 amide bonds. The van der Waals surface area contributed by atoms with Crippen LogP contribution in [0.5, 0.6) is 0 Å². The molecule has 0 atom stereocenters. The molecule has 1 aliphatic heterocycles. The number of hydrogen-bond acceptors (Lipinski definition) is 7. The lowest BCUT2D eigenvalue weighted by molar-refractivity contribution is -0.384. The van der Waals surface area contributed by atoms with E-state index < -0.39 is 28.5 Å². The van der Waals surface area contributed by atoms with Crippen LogP contribution in [0.4, 0.5) is 16.2 Å². The van der Waals surface area contributed by atoms with Crippen LogP contribution in [0.15, 0.2) is 63.9 Å². The molecule has 1 fully saturated rings. The molecule has 0 spiro atoms. The SMILES string of the molecule is Cc1cccc(NC(=O)CN2C(=O)S/C(=C/c3ccc(-c4ccccc4[N+](=O)[O-])o3)C2=O)c1C. The van der Waals surface area contributed by atoms with Gasteiger partial charge >= 0.3 is 0 Å². The average Bonchev–Trinajstić information content (AvgIpc) is 3.37. The number of hydrogen-bond donors (Lipinski definition) is 1. The van der Waals surface area contributed by atoms with Gasteiger partial charge in [-0.15, -0.1) is 0 Å². The van der Waals surface area contributed by atoms with Crippen LogP contribution < -0.4 is 5.32 Å². The van der Waals surface area contributed by atoms with Gasteiger partial charge in [-0.1, -0.05) is 24.3 Å². The van der Waals surface area contributed by atoms with Crippen molar-refractivity contribution in [3.63, 3.8) is 0 Å². The molecule has 1 saturated heterocycles. The number of nitro groups is 1. The molecule has 0 radical (unpaired) electrons. The van der Waals surface area contributed by atoms with Crippen molar-refractivity contribution in [3.8, 4) is 11.3 Å². The predicted octanol–water partition coefficient (Wildman–Crippen LogP) is 5.15. The van der Waals surface area contributed by atoms with E-state index in [9.17, 15) is 24.5 Å². The highest BCUT2D eigenvalue weighted by Crippen LogP contribution is 2.35. The molecule has 10 heteroatoms. The molecule has 1 aromatic heterocycles. The van der Waals surface area contributed by atoms with Gasteiger partial charge in [0.25, 0.3) is 16.8 Å². The second-order valence-electron chi connectivity index (χ2n) is 7.54. The van der Waals surface area contributed by atoms with Crippen molar-refractivity contribution in [2.24, 2.45) is 0 Å². The van der Waals surface area contributed by atoms with Gasteiger partial charge in [-0.25, -0.2) is 0 Å². The highest BCUT2D eigenvalue weighted by molar-refractivity contribution is 8.18. The van der Waals surface area contributed by atoms with Gasteiger partial charge in [0, 0.05) is 17.8 Å². The van der Waals surface area contributed by atoms with Gasteiger partial charge < -0.3 is 9.73 Å². The second kappa shape index (κ2) is 9.36. The summed E-state index contributed by atoms with van der Waals surface area (Å²) in [5, 5.41) is 13.4. The van der Waals surface area contributed by atoms with Crippen LogP contribution in [0, 0.1) is 24.0 Å². The van der Waals surface area contributed by atoms with Gasteiger partial charge in [-0.2, -0.15) is 0 Å². The Kier molecular flexibility index (Phi) is 6.33. The standard InChI is InChI=1S/C24H19N3O6S/c1-14-6-5-8-18(15(14)2)25-22(28)13-26-23(29)21(34-24(26)30)12-16-10-11-20(33-16)17-7-3-4-9-19(17)27(31)32/h3-12H,13H2,1-2H3,(H,25,28)/b21-12+. The summed E-state index contributed by atoms with van der Waals surface area (Å²) in [6.07, 6.45) is 1.38. The molecule has 9 nitrogen and oxygen atoms in total. The van der Waals surface area contributed by atoms with Crippen molar-refractivity contribution in [2.45, 2.75) is 13.8 Å². The maximum Gasteiger partial charge on any atom is 0.294 e. The fraction of sp³-hybridized carbons (Fsp3) is 0.125. The van der Waals surface area contributed by atoms with Crippen molar-refractivity contribution in [1.29, 1.82) is 0 Å². The Hall–Kier alpha value is -4.18. The number of furan rings is 1. The highest BCUT2D eigenvalue weighted by Gasteiger charge is 2.36. The predicted molar refractivity (Wildman–Crippen MR) is 128 cm³/mol. The molecule has 1 N–H and O–H groups in total. The number of anilines is 1. The van der Waals surface area contributed by atoms with Crippen LogP contribution in [-0.4, -0.2) is 33.4 Å². The Labute approximate surface area is 198 Å². The van der Waals surface area contributed by atoms with Crippen LogP contribution in [0.25, 0.3) is 17.4 Å². The number of imide groups is 1. The Morgan fingerprint density at radius 2 is 1.88 bits per heavy atom. The minimum Gasteiger partial charge on any atom is -0.456 e. The summed E-state index contributed by atoms with van der Waals surface area (Å²) in [6.45, 7) is 3.37. The van der Waals surface area contributed by atoms with Crippen LogP contribution >= 0.6 is 11.8 Å². The van der Waals surface area contributed by atoms with E-state index in [0.29, 0.717) is 23.0 Å².